The van der Waals surface area contributed by atoms with E-state index in [1.165, 1.54) is 0 Å². The van der Waals surface area contributed by atoms with Gasteiger partial charge in [-0.1, -0.05) is 46.3 Å². The molecule has 0 bridgehead atoms. The Kier molecular flexibility index (Phi) is 5.12. The van der Waals surface area contributed by atoms with Crippen molar-refractivity contribution in [3.63, 3.8) is 0 Å². The van der Waals surface area contributed by atoms with E-state index in [2.05, 4.69) is 15.9 Å². The zero-order chi connectivity index (χ0) is 19.7. The highest BCUT2D eigenvalue weighted by atomic mass is 79.9. The van der Waals surface area contributed by atoms with Crippen molar-refractivity contribution in [1.29, 1.82) is 0 Å². The van der Waals surface area contributed by atoms with Crippen LogP contribution in [0.3, 0.4) is 0 Å². The predicted molar refractivity (Wildman–Crippen MR) is 109 cm³/mol. The second-order valence-electron chi connectivity index (χ2n) is 7.57. The third kappa shape index (κ3) is 3.91. The van der Waals surface area contributed by atoms with Crippen LogP contribution in [-0.4, -0.2) is 29.5 Å². The number of ether oxygens (including phenoxy) is 1. The van der Waals surface area contributed by atoms with Gasteiger partial charge in [0.15, 0.2) is 0 Å². The molecule has 1 unspecified atom stereocenters. The monoisotopic (exact) mass is 443 g/mol. The molecule has 1 saturated carbocycles. The molecule has 0 aromatic heterocycles. The Morgan fingerprint density at radius 2 is 1.82 bits per heavy atom. The summed E-state index contributed by atoms with van der Waals surface area (Å²) >= 11 is 3.37. The molecule has 1 heterocycles. The van der Waals surface area contributed by atoms with Gasteiger partial charge in [-0.25, -0.2) is 15.6 Å². The van der Waals surface area contributed by atoms with Crippen LogP contribution in [0.15, 0.2) is 59.1 Å². The van der Waals surface area contributed by atoms with Gasteiger partial charge >= 0.3 is 6.09 Å². The first-order valence-electron chi connectivity index (χ1n) is 9.29. The van der Waals surface area contributed by atoms with Crippen LogP contribution in [0.2, 0.25) is 0 Å². The average Bonchev–Trinajstić information content (AvgIpc) is 3.36. The van der Waals surface area contributed by atoms with Gasteiger partial charge in [0.25, 0.3) is 5.91 Å². The van der Waals surface area contributed by atoms with Crippen LogP contribution in [-0.2, 0) is 16.1 Å². The van der Waals surface area contributed by atoms with Gasteiger partial charge in [0, 0.05) is 11.0 Å². The Bertz CT molecular complexity index is 868. The summed E-state index contributed by atoms with van der Waals surface area (Å²) in [5, 5.41) is 1.13. The summed E-state index contributed by atoms with van der Waals surface area (Å²) in [5.41, 5.74) is 1.55. The van der Waals surface area contributed by atoms with E-state index in [0.29, 0.717) is 18.7 Å². The van der Waals surface area contributed by atoms with Crippen molar-refractivity contribution in [2.45, 2.75) is 31.9 Å². The number of rotatable bonds is 4. The fourth-order valence-corrected chi connectivity index (χ4v) is 3.96. The van der Waals surface area contributed by atoms with Crippen LogP contribution in [0.5, 0.6) is 0 Å². The number of likely N-dealkylation sites (tertiary alicyclic amines) is 1. The number of hydrazine groups is 1. The zero-order valence-electron chi connectivity index (χ0n) is 15.4. The first kappa shape index (κ1) is 19.0. The van der Waals surface area contributed by atoms with E-state index in [9.17, 15) is 9.59 Å². The lowest BCUT2D eigenvalue weighted by atomic mass is 10.0. The molecule has 1 aliphatic heterocycles. The van der Waals surface area contributed by atoms with Crippen molar-refractivity contribution < 1.29 is 14.3 Å². The number of anilines is 1. The largest absolute Gasteiger partial charge is 0.445 e. The zero-order valence-corrected chi connectivity index (χ0v) is 17.0. The number of hydrogen-bond donors (Lipinski definition) is 1. The number of nitrogens with two attached hydrogens (primary N) is 1. The molecule has 6 nitrogen and oxygen atoms in total. The van der Waals surface area contributed by atoms with E-state index in [0.717, 1.165) is 27.9 Å². The van der Waals surface area contributed by atoms with Crippen LogP contribution < -0.4 is 10.9 Å². The van der Waals surface area contributed by atoms with Crippen molar-refractivity contribution in [2.75, 3.05) is 11.6 Å². The molecule has 2 N–H and O–H groups in total. The average molecular weight is 444 g/mol. The molecule has 146 valence electrons. The van der Waals surface area contributed by atoms with Crippen molar-refractivity contribution in [3.05, 3.63) is 64.6 Å². The number of carbonyl (C=O) groups excluding carboxylic acids is 2. The van der Waals surface area contributed by atoms with Crippen molar-refractivity contribution in [1.82, 2.24) is 4.90 Å². The van der Waals surface area contributed by atoms with Crippen LogP contribution >= 0.6 is 15.9 Å². The predicted octanol–water partition coefficient (Wildman–Crippen LogP) is 3.85. The highest BCUT2D eigenvalue weighted by Crippen LogP contribution is 2.55. The Morgan fingerprint density at radius 1 is 1.14 bits per heavy atom. The van der Waals surface area contributed by atoms with Crippen LogP contribution in [0.25, 0.3) is 0 Å². The fourth-order valence-electron chi connectivity index (χ4n) is 3.70. The van der Waals surface area contributed by atoms with Gasteiger partial charge in [-0.3, -0.25) is 9.69 Å². The molecule has 1 saturated heterocycles. The quantitative estimate of drug-likeness (QED) is 0.442. The van der Waals surface area contributed by atoms with E-state index in [1.807, 2.05) is 42.5 Å². The number of benzene rings is 2. The van der Waals surface area contributed by atoms with Gasteiger partial charge in [0.05, 0.1) is 5.69 Å². The van der Waals surface area contributed by atoms with E-state index >= 15 is 0 Å². The Balaban J connectivity index is 1.47. The standard InChI is InChI=1S/C21H22BrN3O3/c22-16-6-8-17(9-7-16)25(23)19(26)18-12-21(10-11-21)14-24(18)20(27)28-13-15-4-2-1-3-5-15/h1-9,18H,10-14,23H2. The molecule has 4 rings (SSSR count). The Labute approximate surface area is 172 Å². The molecule has 1 atom stereocenters. The maximum Gasteiger partial charge on any atom is 0.410 e. The second-order valence-corrected chi connectivity index (χ2v) is 8.49. The number of nitrogens with zero attached hydrogens (tertiary/aromatic N) is 2. The molecule has 2 aromatic carbocycles. The minimum atomic E-state index is -0.598. The van der Waals surface area contributed by atoms with Gasteiger partial charge in [0.1, 0.15) is 12.6 Å². The third-order valence-corrected chi connectivity index (χ3v) is 6.06. The van der Waals surface area contributed by atoms with E-state index in [4.69, 9.17) is 10.6 Å². The maximum absolute atomic E-state index is 13.1. The molecular formula is C21H22BrN3O3. The second kappa shape index (κ2) is 7.56. The summed E-state index contributed by atoms with van der Waals surface area (Å²) in [7, 11) is 0. The van der Waals surface area contributed by atoms with Gasteiger partial charge < -0.3 is 4.74 Å². The lowest BCUT2D eigenvalue weighted by Crippen LogP contribution is -2.50. The van der Waals surface area contributed by atoms with Crippen LogP contribution in [0.1, 0.15) is 24.8 Å². The van der Waals surface area contributed by atoms with Gasteiger partial charge in [-0.15, -0.1) is 0 Å². The minimum Gasteiger partial charge on any atom is -0.445 e. The third-order valence-electron chi connectivity index (χ3n) is 5.53. The van der Waals surface area contributed by atoms with Gasteiger partial charge in [0.2, 0.25) is 0 Å². The first-order chi connectivity index (χ1) is 13.5. The molecular weight excluding hydrogens is 422 g/mol. The smallest absolute Gasteiger partial charge is 0.410 e. The van der Waals surface area contributed by atoms with Crippen LogP contribution in [0, 0.1) is 5.41 Å². The molecule has 2 aromatic rings. The van der Waals surface area contributed by atoms with Crippen molar-refractivity contribution in [2.24, 2.45) is 11.3 Å². The summed E-state index contributed by atoms with van der Waals surface area (Å²) in [6, 6.07) is 16.1. The topological polar surface area (TPSA) is 75.9 Å². The highest BCUT2D eigenvalue weighted by Gasteiger charge is 2.56. The SMILES string of the molecule is NN(C(=O)C1CC2(CC2)CN1C(=O)OCc1ccccc1)c1ccc(Br)cc1. The normalized spacial score (nSPS) is 19.5. The van der Waals surface area contributed by atoms with Gasteiger partial charge in [-0.05, 0) is 54.5 Å². The molecule has 2 amide bonds. The maximum atomic E-state index is 13.1. The Hall–Kier alpha value is -2.38. The summed E-state index contributed by atoms with van der Waals surface area (Å²) in [6.45, 7) is 0.730. The molecule has 2 aliphatic rings. The fraction of sp³-hybridized carbons (Fsp3) is 0.333. The van der Waals surface area contributed by atoms with E-state index < -0.39 is 12.1 Å². The molecule has 0 radical (unpaired) electrons. The molecule has 7 heteroatoms. The summed E-state index contributed by atoms with van der Waals surface area (Å²) in [6.07, 6.45) is 2.23. The number of amides is 2. The summed E-state index contributed by atoms with van der Waals surface area (Å²) in [4.78, 5) is 27.4. The lowest BCUT2D eigenvalue weighted by Gasteiger charge is -2.27. The van der Waals surface area contributed by atoms with E-state index in [1.54, 1.807) is 17.0 Å². The van der Waals surface area contributed by atoms with Crippen LogP contribution in [0.4, 0.5) is 10.5 Å². The van der Waals surface area contributed by atoms with Crippen molar-refractivity contribution >= 4 is 33.6 Å². The van der Waals surface area contributed by atoms with E-state index in [-0.39, 0.29) is 17.9 Å². The van der Waals surface area contributed by atoms with Gasteiger partial charge in [-0.2, -0.15) is 0 Å². The first-order valence-corrected chi connectivity index (χ1v) is 10.1. The number of hydrogen-bond acceptors (Lipinski definition) is 4. The number of halogens is 1. The molecule has 1 spiro atoms. The molecule has 2 fully saturated rings. The summed E-state index contributed by atoms with van der Waals surface area (Å²) < 4.78 is 6.39. The highest BCUT2D eigenvalue weighted by molar-refractivity contribution is 9.10. The lowest BCUT2D eigenvalue weighted by molar-refractivity contribution is -0.122. The molecule has 28 heavy (non-hydrogen) atoms. The van der Waals surface area contributed by atoms with Crippen molar-refractivity contribution in [3.8, 4) is 0 Å². The Morgan fingerprint density at radius 3 is 2.46 bits per heavy atom. The summed E-state index contributed by atoms with van der Waals surface area (Å²) in [5.74, 6) is 5.81. The molecule has 1 aliphatic carbocycles. The number of carbonyl (C=O) groups is 2. The minimum absolute atomic E-state index is 0.0483.